The van der Waals surface area contributed by atoms with Crippen LogP contribution in [0.4, 0.5) is 0 Å². The Morgan fingerprint density at radius 2 is 1.97 bits per heavy atom. The Bertz CT molecular complexity index is 1380. The fraction of sp³-hybridized carbons (Fsp3) is 0.167. The molecular weight excluding hydrogens is 390 g/mol. The van der Waals surface area contributed by atoms with E-state index in [0.29, 0.717) is 23.6 Å². The van der Waals surface area contributed by atoms with Gasteiger partial charge in [-0.05, 0) is 24.1 Å². The van der Waals surface area contributed by atoms with Crippen LogP contribution in [-0.2, 0) is 6.54 Å². The van der Waals surface area contributed by atoms with Crippen LogP contribution in [-0.4, -0.2) is 24.4 Å². The first-order valence-corrected chi connectivity index (χ1v) is 9.96. The quantitative estimate of drug-likeness (QED) is 0.560. The molecule has 0 saturated carbocycles. The molecule has 2 aromatic carbocycles. The minimum atomic E-state index is -0.550. The molecule has 1 N–H and O–H groups in total. The minimum absolute atomic E-state index is 0.236. The van der Waals surface area contributed by atoms with Crippen molar-refractivity contribution in [2.45, 2.75) is 25.4 Å². The van der Waals surface area contributed by atoms with Crippen molar-refractivity contribution < 1.29 is 5.11 Å². The van der Waals surface area contributed by atoms with Crippen LogP contribution < -0.4 is 5.43 Å². The molecule has 31 heavy (non-hydrogen) atoms. The molecule has 2 aromatic heterocycles. The lowest BCUT2D eigenvalue weighted by Gasteiger charge is -2.35. The maximum atomic E-state index is 12.2. The number of aryl methyl sites for hydroxylation is 1. The van der Waals surface area contributed by atoms with E-state index in [0.717, 1.165) is 22.9 Å². The van der Waals surface area contributed by atoms with Crippen molar-refractivity contribution in [2.24, 2.45) is 0 Å². The van der Waals surface area contributed by atoms with Crippen LogP contribution in [0.1, 0.15) is 34.2 Å². The summed E-state index contributed by atoms with van der Waals surface area (Å²) < 4.78 is 3.59. The second kappa shape index (κ2) is 7.26. The molecule has 0 unspecified atom stereocenters. The van der Waals surface area contributed by atoms with Gasteiger partial charge in [-0.2, -0.15) is 10.4 Å². The fourth-order valence-corrected chi connectivity index (χ4v) is 4.37. The van der Waals surface area contributed by atoms with Crippen molar-refractivity contribution in [1.29, 1.82) is 5.26 Å². The Morgan fingerprint density at radius 1 is 1.19 bits per heavy atom. The van der Waals surface area contributed by atoms with E-state index in [4.69, 9.17) is 0 Å². The van der Waals surface area contributed by atoms with Gasteiger partial charge >= 0.3 is 0 Å². The average Bonchev–Trinajstić information content (AvgIpc) is 3.26. The van der Waals surface area contributed by atoms with Crippen LogP contribution in [0.3, 0.4) is 0 Å². The molecule has 3 heterocycles. The van der Waals surface area contributed by atoms with Gasteiger partial charge < -0.3 is 9.67 Å². The van der Waals surface area contributed by atoms with Crippen molar-refractivity contribution in [2.75, 3.05) is 0 Å². The predicted octanol–water partition coefficient (Wildman–Crippen LogP) is 3.38. The summed E-state index contributed by atoms with van der Waals surface area (Å²) in [6.45, 7) is 2.55. The van der Waals surface area contributed by atoms with Crippen LogP contribution in [0.25, 0.3) is 11.5 Å². The first-order chi connectivity index (χ1) is 15.1. The molecule has 1 aliphatic heterocycles. The van der Waals surface area contributed by atoms with Crippen LogP contribution >= 0.6 is 0 Å². The molecule has 0 aliphatic carbocycles. The molecule has 0 spiro atoms. The van der Waals surface area contributed by atoms with Gasteiger partial charge in [0.15, 0.2) is 11.6 Å². The summed E-state index contributed by atoms with van der Waals surface area (Å²) in [5.41, 5.74) is 3.35. The summed E-state index contributed by atoms with van der Waals surface area (Å²) in [6.07, 6.45) is 4.60. The average molecular weight is 409 g/mol. The number of aromatic hydroxyl groups is 1. The number of aromatic nitrogens is 4. The fourth-order valence-electron chi connectivity index (χ4n) is 4.37. The topological polar surface area (TPSA) is 96.7 Å². The SMILES string of the molecule is Cc1ccc([C@@H](c2ccccc2C#N)[C@H]2Cn3ccnc3-c3c(O)c(=O)cnn32)cc1. The second-order valence-electron chi connectivity index (χ2n) is 7.71. The van der Waals surface area contributed by atoms with E-state index >= 15 is 0 Å². The van der Waals surface area contributed by atoms with E-state index in [9.17, 15) is 15.2 Å². The first kappa shape index (κ1) is 18.8. The number of nitrogens with zero attached hydrogens (tertiary/aromatic N) is 5. The van der Waals surface area contributed by atoms with Gasteiger partial charge in [0.05, 0.1) is 23.9 Å². The predicted molar refractivity (Wildman–Crippen MR) is 115 cm³/mol. The number of fused-ring (bicyclic) bond motifs is 3. The lowest BCUT2D eigenvalue weighted by atomic mass is 9.82. The summed E-state index contributed by atoms with van der Waals surface area (Å²) in [7, 11) is 0. The summed E-state index contributed by atoms with van der Waals surface area (Å²) in [5, 5.41) is 24.8. The highest BCUT2D eigenvalue weighted by molar-refractivity contribution is 5.60. The standard InChI is InChI=1S/C24H19N5O2/c1-15-6-8-16(9-7-15)21(18-5-3-2-4-17(18)12-25)19-14-28-11-10-26-24(28)22-23(31)20(30)13-27-29(19)22/h2-11,13,19,21,31H,14H2,1H3/t19-,21+/m1/s1. The number of rotatable bonds is 3. The van der Waals surface area contributed by atoms with E-state index in [1.54, 1.807) is 16.9 Å². The van der Waals surface area contributed by atoms with Gasteiger partial charge in [0.2, 0.25) is 5.43 Å². The van der Waals surface area contributed by atoms with E-state index in [1.165, 1.54) is 0 Å². The third-order valence-corrected chi connectivity index (χ3v) is 5.85. The van der Waals surface area contributed by atoms with Gasteiger partial charge in [0, 0.05) is 24.9 Å². The van der Waals surface area contributed by atoms with Crippen molar-refractivity contribution in [3.05, 3.63) is 99.6 Å². The molecule has 0 amide bonds. The number of hydrogen-bond acceptors (Lipinski definition) is 5. The van der Waals surface area contributed by atoms with Crippen molar-refractivity contribution in [3.8, 4) is 23.3 Å². The molecule has 0 bridgehead atoms. The highest BCUT2D eigenvalue weighted by Gasteiger charge is 2.36. The Balaban J connectivity index is 1.79. The van der Waals surface area contributed by atoms with E-state index in [2.05, 4.69) is 28.3 Å². The summed E-state index contributed by atoms with van der Waals surface area (Å²) >= 11 is 0. The lowest BCUT2D eigenvalue weighted by molar-refractivity contribution is 0.331. The molecule has 152 valence electrons. The van der Waals surface area contributed by atoms with Crippen LogP contribution in [0.5, 0.6) is 5.75 Å². The zero-order chi connectivity index (χ0) is 21.5. The number of nitriles is 1. The summed E-state index contributed by atoms with van der Waals surface area (Å²) in [5.74, 6) is -0.112. The molecule has 4 aromatic rings. The molecule has 0 saturated heterocycles. The van der Waals surface area contributed by atoms with Gasteiger partial charge in [0.1, 0.15) is 5.69 Å². The lowest BCUT2D eigenvalue weighted by Crippen LogP contribution is -2.32. The highest BCUT2D eigenvalue weighted by atomic mass is 16.3. The Labute approximate surface area is 178 Å². The number of imidazole rings is 1. The normalized spacial score (nSPS) is 15.5. The van der Waals surface area contributed by atoms with Crippen molar-refractivity contribution >= 4 is 0 Å². The Hall–Kier alpha value is -4.18. The Kier molecular flexibility index (Phi) is 4.41. The maximum Gasteiger partial charge on any atom is 0.242 e. The number of benzene rings is 2. The monoisotopic (exact) mass is 409 g/mol. The van der Waals surface area contributed by atoms with Crippen molar-refractivity contribution in [3.63, 3.8) is 0 Å². The summed E-state index contributed by atoms with van der Waals surface area (Å²) in [6, 6.07) is 17.7. The van der Waals surface area contributed by atoms with E-state index < -0.39 is 5.43 Å². The second-order valence-corrected chi connectivity index (χ2v) is 7.71. The van der Waals surface area contributed by atoms with E-state index in [-0.39, 0.29) is 17.7 Å². The van der Waals surface area contributed by atoms with E-state index in [1.807, 2.05) is 48.0 Å². The van der Waals surface area contributed by atoms with Crippen LogP contribution in [0.15, 0.2) is 71.9 Å². The maximum absolute atomic E-state index is 12.2. The number of hydrogen-bond donors (Lipinski definition) is 1. The smallest absolute Gasteiger partial charge is 0.242 e. The zero-order valence-electron chi connectivity index (χ0n) is 16.8. The molecular formula is C24H19N5O2. The molecule has 7 heteroatoms. The van der Waals surface area contributed by atoms with Crippen LogP contribution in [0, 0.1) is 18.3 Å². The van der Waals surface area contributed by atoms with Gasteiger partial charge in [-0.3, -0.25) is 9.48 Å². The van der Waals surface area contributed by atoms with Crippen molar-refractivity contribution in [1.82, 2.24) is 19.3 Å². The molecule has 0 radical (unpaired) electrons. The molecule has 2 atom stereocenters. The summed E-state index contributed by atoms with van der Waals surface area (Å²) in [4.78, 5) is 16.5. The molecule has 1 aliphatic rings. The molecule has 0 fully saturated rings. The minimum Gasteiger partial charge on any atom is -0.503 e. The van der Waals surface area contributed by atoms with Gasteiger partial charge in [-0.25, -0.2) is 4.98 Å². The first-order valence-electron chi connectivity index (χ1n) is 9.96. The third kappa shape index (κ3) is 3.01. The van der Waals surface area contributed by atoms with Gasteiger partial charge in [-0.15, -0.1) is 0 Å². The third-order valence-electron chi connectivity index (χ3n) is 5.85. The largest absolute Gasteiger partial charge is 0.503 e. The van der Waals surface area contributed by atoms with Gasteiger partial charge in [0.25, 0.3) is 0 Å². The molecule has 7 nitrogen and oxygen atoms in total. The van der Waals surface area contributed by atoms with Crippen LogP contribution in [0.2, 0.25) is 0 Å². The van der Waals surface area contributed by atoms with Gasteiger partial charge in [-0.1, -0.05) is 48.0 Å². The Morgan fingerprint density at radius 3 is 2.74 bits per heavy atom. The highest BCUT2D eigenvalue weighted by Crippen LogP contribution is 2.43. The zero-order valence-corrected chi connectivity index (χ0v) is 16.8. The molecule has 5 rings (SSSR count).